The highest BCUT2D eigenvalue weighted by Crippen LogP contribution is 2.23. The number of aromatic nitrogens is 1. The quantitative estimate of drug-likeness (QED) is 0.628. The predicted molar refractivity (Wildman–Crippen MR) is 64.5 cm³/mol. The van der Waals surface area contributed by atoms with E-state index >= 15 is 0 Å². The Hall–Kier alpha value is -1.78. The van der Waals surface area contributed by atoms with Crippen molar-refractivity contribution in [3.63, 3.8) is 0 Å². The zero-order valence-corrected chi connectivity index (χ0v) is 9.52. The van der Waals surface area contributed by atoms with Crippen LogP contribution in [0.25, 0.3) is 0 Å². The van der Waals surface area contributed by atoms with Crippen molar-refractivity contribution in [3.05, 3.63) is 65.2 Å². The van der Waals surface area contributed by atoms with Gasteiger partial charge in [0.05, 0.1) is 12.2 Å². The van der Waals surface area contributed by atoms with Crippen LogP contribution in [0.3, 0.4) is 0 Å². The highest BCUT2D eigenvalue weighted by atomic mass is 19.1. The van der Waals surface area contributed by atoms with Gasteiger partial charge in [-0.25, -0.2) is 9.82 Å². The molecule has 0 fully saturated rings. The molecule has 1 aromatic carbocycles. The van der Waals surface area contributed by atoms with Gasteiger partial charge in [-0.2, -0.15) is 0 Å². The van der Waals surface area contributed by atoms with E-state index in [2.05, 4.69) is 10.4 Å². The second-order valence-corrected chi connectivity index (χ2v) is 3.89. The predicted octanol–water partition coefficient (Wildman–Crippen LogP) is 2.08. The molecule has 1 unspecified atom stereocenters. The van der Waals surface area contributed by atoms with Gasteiger partial charge in [0, 0.05) is 6.20 Å². The molecule has 0 aliphatic heterocycles. The lowest BCUT2D eigenvalue weighted by atomic mass is 9.97. The van der Waals surface area contributed by atoms with Crippen LogP contribution >= 0.6 is 0 Å². The van der Waals surface area contributed by atoms with Crippen LogP contribution in [0, 0.1) is 12.7 Å². The normalized spacial score (nSPS) is 12.4. The summed E-state index contributed by atoms with van der Waals surface area (Å²) in [7, 11) is 0. The molecule has 1 heterocycles. The summed E-state index contributed by atoms with van der Waals surface area (Å²) in [6.45, 7) is 1.99. The van der Waals surface area contributed by atoms with E-state index in [1.54, 1.807) is 6.20 Å². The number of halogens is 1. The van der Waals surface area contributed by atoms with Gasteiger partial charge in [0.15, 0.2) is 0 Å². The Bertz CT molecular complexity index is 514. The van der Waals surface area contributed by atoms with Crippen LogP contribution in [-0.4, -0.2) is 4.98 Å². The van der Waals surface area contributed by atoms with Crippen LogP contribution in [0.4, 0.5) is 4.39 Å². The smallest absolute Gasteiger partial charge is 0.141 e. The summed E-state index contributed by atoms with van der Waals surface area (Å²) in [4.78, 5) is 3.84. The molecule has 0 radical (unpaired) electrons. The second-order valence-electron chi connectivity index (χ2n) is 3.89. The molecule has 17 heavy (non-hydrogen) atoms. The SMILES string of the molecule is Cc1ccccc1C(NN)c1cncc(F)c1. The van der Waals surface area contributed by atoms with Gasteiger partial charge in [0.25, 0.3) is 0 Å². The zero-order chi connectivity index (χ0) is 12.3. The third-order valence-corrected chi connectivity index (χ3v) is 2.73. The number of nitrogens with two attached hydrogens (primary N) is 1. The van der Waals surface area contributed by atoms with Crippen LogP contribution < -0.4 is 11.3 Å². The fraction of sp³-hybridized carbons (Fsp3) is 0.154. The largest absolute Gasteiger partial charge is 0.271 e. The maximum atomic E-state index is 13.1. The summed E-state index contributed by atoms with van der Waals surface area (Å²) in [5.41, 5.74) is 5.52. The van der Waals surface area contributed by atoms with Crippen LogP contribution in [0.2, 0.25) is 0 Å². The standard InChI is InChI=1S/C13H14FN3/c1-9-4-2-3-5-12(9)13(17-15)10-6-11(14)8-16-7-10/h2-8,13,17H,15H2,1H3. The summed E-state index contributed by atoms with van der Waals surface area (Å²) in [5, 5.41) is 0. The molecular weight excluding hydrogens is 217 g/mol. The number of nitrogens with zero attached hydrogens (tertiary/aromatic N) is 1. The summed E-state index contributed by atoms with van der Waals surface area (Å²) < 4.78 is 13.1. The van der Waals surface area contributed by atoms with Crippen molar-refractivity contribution < 1.29 is 4.39 Å². The maximum absolute atomic E-state index is 13.1. The van der Waals surface area contributed by atoms with Gasteiger partial charge in [0.2, 0.25) is 0 Å². The number of hydrogen-bond acceptors (Lipinski definition) is 3. The van der Waals surface area contributed by atoms with Crippen LogP contribution in [-0.2, 0) is 0 Å². The Morgan fingerprint density at radius 3 is 2.71 bits per heavy atom. The summed E-state index contributed by atoms with van der Waals surface area (Å²) in [6, 6.07) is 9.02. The minimum absolute atomic E-state index is 0.251. The van der Waals surface area contributed by atoms with Crippen LogP contribution in [0.15, 0.2) is 42.7 Å². The number of pyridine rings is 1. The van der Waals surface area contributed by atoms with Gasteiger partial charge in [-0.1, -0.05) is 24.3 Å². The average Bonchev–Trinajstić information content (AvgIpc) is 2.33. The molecule has 3 N–H and O–H groups in total. The molecule has 0 aliphatic carbocycles. The van der Waals surface area contributed by atoms with Crippen molar-refractivity contribution in [2.24, 2.45) is 5.84 Å². The molecule has 88 valence electrons. The fourth-order valence-electron chi connectivity index (χ4n) is 1.86. The molecule has 0 spiro atoms. The molecule has 1 aromatic heterocycles. The lowest BCUT2D eigenvalue weighted by Crippen LogP contribution is -2.29. The molecule has 2 rings (SSSR count). The molecule has 0 bridgehead atoms. The molecule has 4 heteroatoms. The van der Waals surface area contributed by atoms with E-state index < -0.39 is 0 Å². The van der Waals surface area contributed by atoms with Crippen molar-refractivity contribution in [3.8, 4) is 0 Å². The molecule has 2 aromatic rings. The molecule has 1 atom stereocenters. The van der Waals surface area contributed by atoms with E-state index in [-0.39, 0.29) is 11.9 Å². The van der Waals surface area contributed by atoms with Gasteiger partial charge in [-0.05, 0) is 29.7 Å². The third-order valence-electron chi connectivity index (χ3n) is 2.73. The topological polar surface area (TPSA) is 50.9 Å². The number of aryl methyl sites for hydroxylation is 1. The second kappa shape index (κ2) is 5.03. The Morgan fingerprint density at radius 1 is 1.29 bits per heavy atom. The van der Waals surface area contributed by atoms with Gasteiger partial charge >= 0.3 is 0 Å². The molecule has 0 aliphatic rings. The Kier molecular flexibility index (Phi) is 3.46. The molecule has 3 nitrogen and oxygen atoms in total. The van der Waals surface area contributed by atoms with Crippen LogP contribution in [0.1, 0.15) is 22.7 Å². The Morgan fingerprint density at radius 2 is 2.06 bits per heavy atom. The number of hydrazine groups is 1. The van der Waals surface area contributed by atoms with Gasteiger partial charge in [0.1, 0.15) is 5.82 Å². The lowest BCUT2D eigenvalue weighted by molar-refractivity contribution is 0.596. The Labute approximate surface area is 99.5 Å². The van der Waals surface area contributed by atoms with E-state index in [4.69, 9.17) is 5.84 Å². The number of rotatable bonds is 3. The first-order chi connectivity index (χ1) is 8.22. The zero-order valence-electron chi connectivity index (χ0n) is 9.52. The molecule has 0 saturated carbocycles. The van der Waals surface area contributed by atoms with Crippen LogP contribution in [0.5, 0.6) is 0 Å². The number of nitrogens with one attached hydrogen (secondary N) is 1. The van der Waals surface area contributed by atoms with Gasteiger partial charge in [-0.3, -0.25) is 10.8 Å². The third kappa shape index (κ3) is 2.49. The fourth-order valence-corrected chi connectivity index (χ4v) is 1.86. The highest BCUT2D eigenvalue weighted by molar-refractivity contribution is 5.35. The van der Waals surface area contributed by atoms with Crippen molar-refractivity contribution in [2.45, 2.75) is 13.0 Å². The minimum atomic E-state index is -0.365. The van der Waals surface area contributed by atoms with E-state index in [0.717, 1.165) is 11.1 Å². The van der Waals surface area contributed by atoms with E-state index in [9.17, 15) is 4.39 Å². The minimum Gasteiger partial charge on any atom is -0.271 e. The summed E-state index contributed by atoms with van der Waals surface area (Å²) in [6.07, 6.45) is 2.79. The molecular formula is C13H14FN3. The first-order valence-corrected chi connectivity index (χ1v) is 5.34. The molecule has 0 amide bonds. The van der Waals surface area contributed by atoms with Gasteiger partial charge in [-0.15, -0.1) is 0 Å². The number of benzene rings is 1. The highest BCUT2D eigenvalue weighted by Gasteiger charge is 2.14. The van der Waals surface area contributed by atoms with Crippen molar-refractivity contribution in [2.75, 3.05) is 0 Å². The van der Waals surface area contributed by atoms with Crippen molar-refractivity contribution >= 4 is 0 Å². The summed E-state index contributed by atoms with van der Waals surface area (Å²) >= 11 is 0. The first kappa shape index (κ1) is 11.7. The van der Waals surface area contributed by atoms with Crippen molar-refractivity contribution in [1.82, 2.24) is 10.4 Å². The first-order valence-electron chi connectivity index (χ1n) is 5.34. The van der Waals surface area contributed by atoms with Crippen molar-refractivity contribution in [1.29, 1.82) is 0 Å². The lowest BCUT2D eigenvalue weighted by Gasteiger charge is -2.18. The average molecular weight is 231 g/mol. The maximum Gasteiger partial charge on any atom is 0.141 e. The van der Waals surface area contributed by atoms with E-state index in [1.807, 2.05) is 31.2 Å². The Balaban J connectivity index is 2.44. The number of hydrogen-bond donors (Lipinski definition) is 2. The monoisotopic (exact) mass is 231 g/mol. The summed E-state index contributed by atoms with van der Waals surface area (Å²) in [5.74, 6) is 5.19. The molecule has 0 saturated heterocycles. The van der Waals surface area contributed by atoms with E-state index in [0.29, 0.717) is 5.56 Å². The van der Waals surface area contributed by atoms with E-state index in [1.165, 1.54) is 12.3 Å². The van der Waals surface area contributed by atoms with Gasteiger partial charge < -0.3 is 0 Å².